The molecule has 7 heteroatoms. The summed E-state index contributed by atoms with van der Waals surface area (Å²) < 4.78 is 31.6. The Balaban J connectivity index is 2.55. The fourth-order valence-electron chi connectivity index (χ4n) is 4.03. The number of sulfonamides is 1. The van der Waals surface area contributed by atoms with Gasteiger partial charge in [0.1, 0.15) is 11.0 Å². The van der Waals surface area contributed by atoms with E-state index in [2.05, 4.69) is 0 Å². The van der Waals surface area contributed by atoms with Crippen LogP contribution in [0.5, 0.6) is 0 Å². The number of ether oxygens (including phenoxy) is 1. The van der Waals surface area contributed by atoms with E-state index in [4.69, 9.17) is 4.74 Å². The van der Waals surface area contributed by atoms with Crippen LogP contribution < -0.4 is 0 Å². The van der Waals surface area contributed by atoms with Crippen LogP contribution in [0.15, 0.2) is 11.8 Å². The summed E-state index contributed by atoms with van der Waals surface area (Å²) in [5, 5.41) is -0.804. The Bertz CT molecular complexity index is 624. The summed E-state index contributed by atoms with van der Waals surface area (Å²) in [5.74, 6) is -0.710. The Kier molecular flexibility index (Phi) is 4.39. The van der Waals surface area contributed by atoms with E-state index in [0.29, 0.717) is 5.76 Å². The van der Waals surface area contributed by atoms with Crippen molar-refractivity contribution in [3.8, 4) is 0 Å². The van der Waals surface area contributed by atoms with Gasteiger partial charge in [-0.3, -0.25) is 9.59 Å². The van der Waals surface area contributed by atoms with Gasteiger partial charge in [-0.1, -0.05) is 20.3 Å². The van der Waals surface area contributed by atoms with E-state index >= 15 is 0 Å². The average molecular weight is 329 g/mol. The number of nitrogens with zero attached hydrogens (tertiary/aromatic N) is 1. The predicted octanol–water partition coefficient (Wildman–Crippen LogP) is 1.67. The standard InChI is InChI=1S/C15H23NO5S/c1-6-12-8(2)13(21-11(5)18)7-14-15(12)9(3)16(10(4)17)22(14,19)20/h7-9,12,14-15H,6H2,1-5H3/t8-,9+,12-,14+,15-/m0/s1. The molecule has 1 aliphatic heterocycles. The van der Waals surface area contributed by atoms with Crippen molar-refractivity contribution in [3.63, 3.8) is 0 Å². The summed E-state index contributed by atoms with van der Waals surface area (Å²) in [4.78, 5) is 23.1. The molecule has 2 aliphatic rings. The first-order chi connectivity index (χ1) is 10.1. The number of carbonyl (C=O) groups excluding carboxylic acids is 2. The minimum Gasteiger partial charge on any atom is -0.431 e. The highest BCUT2D eigenvalue weighted by Gasteiger charge is 2.57. The average Bonchev–Trinajstić information content (AvgIpc) is 2.57. The lowest BCUT2D eigenvalue weighted by Crippen LogP contribution is -2.40. The highest BCUT2D eigenvalue weighted by atomic mass is 32.2. The van der Waals surface area contributed by atoms with E-state index in [-0.39, 0.29) is 23.8 Å². The van der Waals surface area contributed by atoms with Gasteiger partial charge >= 0.3 is 5.97 Å². The highest BCUT2D eigenvalue weighted by molar-refractivity contribution is 7.90. The first-order valence-corrected chi connectivity index (χ1v) is 9.07. The molecular formula is C15H23NO5S. The van der Waals surface area contributed by atoms with Crippen LogP contribution >= 0.6 is 0 Å². The second-order valence-electron chi connectivity index (χ2n) is 6.17. The maximum Gasteiger partial charge on any atom is 0.307 e. The number of carbonyl (C=O) groups is 2. The molecule has 1 saturated heterocycles. The number of hydrogen-bond acceptors (Lipinski definition) is 5. The zero-order valence-electron chi connectivity index (χ0n) is 13.6. The Morgan fingerprint density at radius 1 is 1.27 bits per heavy atom. The fourth-order valence-corrected chi connectivity index (χ4v) is 6.39. The van der Waals surface area contributed by atoms with Crippen molar-refractivity contribution in [2.24, 2.45) is 17.8 Å². The highest BCUT2D eigenvalue weighted by Crippen LogP contribution is 2.48. The summed E-state index contributed by atoms with van der Waals surface area (Å²) in [7, 11) is -3.76. The third kappa shape index (κ3) is 2.45. The minimum atomic E-state index is -3.76. The lowest BCUT2D eigenvalue weighted by Gasteiger charge is -2.37. The van der Waals surface area contributed by atoms with Crippen molar-refractivity contribution < 1.29 is 22.7 Å². The second kappa shape index (κ2) is 5.68. The predicted molar refractivity (Wildman–Crippen MR) is 81.0 cm³/mol. The van der Waals surface area contributed by atoms with Gasteiger partial charge in [0.25, 0.3) is 0 Å². The molecule has 124 valence electrons. The summed E-state index contributed by atoms with van der Waals surface area (Å²) >= 11 is 0. The van der Waals surface area contributed by atoms with E-state index in [0.717, 1.165) is 10.7 Å². The molecule has 0 N–H and O–H groups in total. The maximum atomic E-state index is 12.7. The molecule has 1 fully saturated rings. The third-order valence-corrected chi connectivity index (χ3v) is 7.16. The van der Waals surface area contributed by atoms with Crippen LogP contribution in [0.2, 0.25) is 0 Å². The number of allylic oxidation sites excluding steroid dienone is 1. The van der Waals surface area contributed by atoms with Crippen molar-refractivity contribution >= 4 is 21.9 Å². The number of esters is 1. The van der Waals surface area contributed by atoms with Gasteiger partial charge < -0.3 is 4.74 Å². The summed E-state index contributed by atoms with van der Waals surface area (Å²) in [6.45, 7) is 8.28. The Morgan fingerprint density at radius 2 is 1.86 bits per heavy atom. The maximum absolute atomic E-state index is 12.7. The number of rotatable bonds is 2. The Hall–Kier alpha value is -1.37. The van der Waals surface area contributed by atoms with Gasteiger partial charge in [-0.25, -0.2) is 12.7 Å². The SMILES string of the molecule is CC[C@@H]1[C@@H]2[C@@H](C)N(C(C)=O)S(=O)(=O)[C@@H]2C=C(OC(C)=O)[C@H]1C. The second-order valence-corrected chi connectivity index (χ2v) is 8.13. The molecule has 1 aliphatic carbocycles. The molecule has 2 rings (SSSR count). The molecule has 0 aromatic rings. The van der Waals surface area contributed by atoms with Crippen molar-refractivity contribution in [3.05, 3.63) is 11.8 Å². The van der Waals surface area contributed by atoms with Crippen molar-refractivity contribution in [1.82, 2.24) is 4.31 Å². The van der Waals surface area contributed by atoms with E-state index < -0.39 is 27.1 Å². The molecule has 1 heterocycles. The molecule has 0 saturated carbocycles. The van der Waals surface area contributed by atoms with Crippen molar-refractivity contribution in [1.29, 1.82) is 0 Å². The molecule has 6 nitrogen and oxygen atoms in total. The van der Waals surface area contributed by atoms with Gasteiger partial charge in [-0.2, -0.15) is 0 Å². The van der Waals surface area contributed by atoms with Crippen LogP contribution in [-0.4, -0.2) is 35.9 Å². The van der Waals surface area contributed by atoms with Crippen LogP contribution in [0.3, 0.4) is 0 Å². The molecule has 1 amide bonds. The third-order valence-electron chi connectivity index (χ3n) is 4.88. The van der Waals surface area contributed by atoms with Gasteiger partial charge in [0, 0.05) is 31.7 Å². The largest absolute Gasteiger partial charge is 0.431 e. The topological polar surface area (TPSA) is 80.8 Å². The first kappa shape index (κ1) is 17.0. The van der Waals surface area contributed by atoms with Gasteiger partial charge in [0.2, 0.25) is 15.9 Å². The van der Waals surface area contributed by atoms with E-state index in [1.54, 1.807) is 6.92 Å². The summed E-state index contributed by atoms with van der Waals surface area (Å²) in [6.07, 6.45) is 2.28. The van der Waals surface area contributed by atoms with Crippen LogP contribution in [0.4, 0.5) is 0 Å². The Morgan fingerprint density at radius 3 is 2.32 bits per heavy atom. The molecule has 0 aromatic heterocycles. The molecule has 0 aromatic carbocycles. The number of hydrogen-bond donors (Lipinski definition) is 0. The molecular weight excluding hydrogens is 306 g/mol. The Labute approximate surface area is 131 Å². The number of amides is 1. The first-order valence-electron chi connectivity index (χ1n) is 7.56. The lowest BCUT2D eigenvalue weighted by atomic mass is 9.71. The van der Waals surface area contributed by atoms with Crippen LogP contribution in [0.1, 0.15) is 41.0 Å². The molecule has 5 atom stereocenters. The molecule has 0 unspecified atom stereocenters. The molecule has 0 radical (unpaired) electrons. The summed E-state index contributed by atoms with van der Waals surface area (Å²) in [6, 6.07) is -0.380. The zero-order chi connectivity index (χ0) is 16.8. The van der Waals surface area contributed by atoms with E-state index in [1.807, 2.05) is 13.8 Å². The molecule has 0 bridgehead atoms. The van der Waals surface area contributed by atoms with Gasteiger partial charge in [-0.15, -0.1) is 0 Å². The van der Waals surface area contributed by atoms with E-state index in [9.17, 15) is 18.0 Å². The zero-order valence-corrected chi connectivity index (χ0v) is 14.4. The quantitative estimate of drug-likeness (QED) is 0.720. The monoisotopic (exact) mass is 329 g/mol. The van der Waals surface area contributed by atoms with Gasteiger partial charge in [0.05, 0.1) is 0 Å². The smallest absolute Gasteiger partial charge is 0.307 e. The lowest BCUT2D eigenvalue weighted by molar-refractivity contribution is -0.138. The van der Waals surface area contributed by atoms with Crippen molar-refractivity contribution in [2.45, 2.75) is 52.3 Å². The van der Waals surface area contributed by atoms with Crippen molar-refractivity contribution in [2.75, 3.05) is 0 Å². The molecule has 0 spiro atoms. The van der Waals surface area contributed by atoms with Gasteiger partial charge in [0.15, 0.2) is 0 Å². The van der Waals surface area contributed by atoms with E-state index in [1.165, 1.54) is 19.9 Å². The number of fused-ring (bicyclic) bond motifs is 1. The van der Waals surface area contributed by atoms with Crippen LogP contribution in [0.25, 0.3) is 0 Å². The fraction of sp³-hybridized carbons (Fsp3) is 0.733. The summed E-state index contributed by atoms with van der Waals surface area (Å²) in [5.41, 5.74) is 0. The van der Waals surface area contributed by atoms with Crippen LogP contribution in [-0.2, 0) is 24.3 Å². The molecule has 22 heavy (non-hydrogen) atoms. The normalized spacial score (nSPS) is 36.5. The minimum absolute atomic E-state index is 0.0403. The van der Waals surface area contributed by atoms with Gasteiger partial charge in [-0.05, 0) is 18.9 Å². The van der Waals surface area contributed by atoms with Crippen LogP contribution in [0, 0.1) is 17.8 Å².